The zero-order chi connectivity index (χ0) is 18.1. The van der Waals surface area contributed by atoms with Gasteiger partial charge in [-0.2, -0.15) is 9.29 Å². The van der Waals surface area contributed by atoms with Crippen LogP contribution in [0.4, 0.5) is 0 Å². The molecule has 3 heterocycles. The molecule has 0 amide bonds. The SMILES string of the molecule is Cc1nc(CCC2CCN(S(=O)(=O)c3cccc4cccnc34)C2)no1. The summed E-state index contributed by atoms with van der Waals surface area (Å²) in [4.78, 5) is 8.77. The Morgan fingerprint density at radius 3 is 2.92 bits per heavy atom. The monoisotopic (exact) mass is 372 g/mol. The first-order valence-electron chi connectivity index (χ1n) is 8.67. The van der Waals surface area contributed by atoms with Crippen LogP contribution in [0.2, 0.25) is 0 Å². The summed E-state index contributed by atoms with van der Waals surface area (Å²) in [5, 5.41) is 4.73. The van der Waals surface area contributed by atoms with Crippen LogP contribution in [-0.4, -0.2) is 40.9 Å². The smallest absolute Gasteiger partial charge is 0.245 e. The quantitative estimate of drug-likeness (QED) is 0.684. The van der Waals surface area contributed by atoms with Crippen LogP contribution < -0.4 is 0 Å². The van der Waals surface area contributed by atoms with Crippen LogP contribution in [0.3, 0.4) is 0 Å². The van der Waals surface area contributed by atoms with Gasteiger partial charge in [-0.05, 0) is 30.9 Å². The minimum absolute atomic E-state index is 0.282. The number of fused-ring (bicyclic) bond motifs is 1. The van der Waals surface area contributed by atoms with Gasteiger partial charge in [0.1, 0.15) is 4.90 Å². The van der Waals surface area contributed by atoms with E-state index in [1.54, 1.807) is 29.6 Å². The van der Waals surface area contributed by atoms with Crippen molar-refractivity contribution < 1.29 is 12.9 Å². The van der Waals surface area contributed by atoms with Crippen LogP contribution in [0.1, 0.15) is 24.6 Å². The lowest BCUT2D eigenvalue weighted by atomic mass is 10.0. The van der Waals surface area contributed by atoms with Crippen LogP contribution in [0, 0.1) is 12.8 Å². The maximum atomic E-state index is 13.1. The highest BCUT2D eigenvalue weighted by atomic mass is 32.2. The highest BCUT2D eigenvalue weighted by molar-refractivity contribution is 7.89. The summed E-state index contributed by atoms with van der Waals surface area (Å²) in [7, 11) is -3.56. The Labute approximate surface area is 152 Å². The Balaban J connectivity index is 1.50. The normalized spacial score (nSPS) is 18.6. The lowest BCUT2D eigenvalue weighted by molar-refractivity contribution is 0.383. The third kappa shape index (κ3) is 3.22. The average Bonchev–Trinajstić information content (AvgIpc) is 3.28. The number of rotatable bonds is 5. The van der Waals surface area contributed by atoms with E-state index in [0.29, 0.717) is 42.7 Å². The highest BCUT2D eigenvalue weighted by Gasteiger charge is 2.33. The fourth-order valence-corrected chi connectivity index (χ4v) is 5.15. The van der Waals surface area contributed by atoms with E-state index in [0.717, 1.165) is 18.2 Å². The number of benzene rings is 1. The van der Waals surface area contributed by atoms with Crippen molar-refractivity contribution in [2.45, 2.75) is 31.1 Å². The van der Waals surface area contributed by atoms with Crippen molar-refractivity contribution in [1.29, 1.82) is 0 Å². The number of hydrogen-bond donors (Lipinski definition) is 0. The molecule has 1 saturated heterocycles. The third-order valence-corrected chi connectivity index (χ3v) is 6.70. The van der Waals surface area contributed by atoms with E-state index in [4.69, 9.17) is 4.52 Å². The van der Waals surface area contributed by atoms with Crippen molar-refractivity contribution in [3.63, 3.8) is 0 Å². The fourth-order valence-electron chi connectivity index (χ4n) is 3.45. The molecule has 136 valence electrons. The van der Waals surface area contributed by atoms with E-state index >= 15 is 0 Å². The molecule has 3 aromatic rings. The van der Waals surface area contributed by atoms with Crippen molar-refractivity contribution >= 4 is 20.9 Å². The van der Waals surface area contributed by atoms with Gasteiger partial charge in [0.2, 0.25) is 15.9 Å². The molecule has 0 aliphatic carbocycles. The van der Waals surface area contributed by atoms with Crippen molar-refractivity contribution in [3.8, 4) is 0 Å². The Hall–Kier alpha value is -2.32. The lowest BCUT2D eigenvalue weighted by Gasteiger charge is -2.17. The molecule has 1 aromatic carbocycles. The summed E-state index contributed by atoms with van der Waals surface area (Å²) in [5.74, 6) is 1.53. The minimum atomic E-state index is -3.56. The summed E-state index contributed by atoms with van der Waals surface area (Å²) < 4.78 is 32.8. The molecular formula is C18H20N4O3S. The molecule has 4 rings (SSSR count). The second-order valence-electron chi connectivity index (χ2n) is 6.62. The summed E-state index contributed by atoms with van der Waals surface area (Å²) in [5.41, 5.74) is 0.528. The van der Waals surface area contributed by atoms with E-state index in [-0.39, 0.29) is 4.90 Å². The summed E-state index contributed by atoms with van der Waals surface area (Å²) in [6, 6.07) is 8.97. The standard InChI is InChI=1S/C18H20N4O3S/c1-13-20-17(21-25-13)8-7-14-9-11-22(12-14)26(23,24)16-6-2-4-15-5-3-10-19-18(15)16/h2-6,10,14H,7-9,11-12H2,1H3. The zero-order valence-corrected chi connectivity index (χ0v) is 15.3. The molecule has 0 spiro atoms. The van der Waals surface area contributed by atoms with Crippen LogP contribution in [0.5, 0.6) is 0 Å². The summed E-state index contributed by atoms with van der Waals surface area (Å²) >= 11 is 0. The highest BCUT2D eigenvalue weighted by Crippen LogP contribution is 2.29. The molecule has 1 aliphatic heterocycles. The van der Waals surface area contributed by atoms with Crippen LogP contribution in [-0.2, 0) is 16.4 Å². The predicted molar refractivity (Wildman–Crippen MR) is 96.0 cm³/mol. The molecule has 1 aliphatic rings. The first kappa shape index (κ1) is 17.1. The molecule has 2 aromatic heterocycles. The number of aromatic nitrogens is 3. The average molecular weight is 372 g/mol. The first-order chi connectivity index (χ1) is 12.5. The fraction of sp³-hybridized carbons (Fsp3) is 0.389. The molecule has 26 heavy (non-hydrogen) atoms. The number of aryl methyl sites for hydroxylation is 2. The Bertz CT molecular complexity index is 1030. The van der Waals surface area contributed by atoms with Gasteiger partial charge in [-0.25, -0.2) is 8.42 Å². The van der Waals surface area contributed by atoms with Crippen LogP contribution >= 0.6 is 0 Å². The molecule has 1 atom stereocenters. The maximum Gasteiger partial charge on any atom is 0.245 e. The zero-order valence-electron chi connectivity index (χ0n) is 14.5. The molecule has 8 heteroatoms. The largest absolute Gasteiger partial charge is 0.340 e. The number of nitrogens with zero attached hydrogens (tertiary/aromatic N) is 4. The molecule has 0 radical (unpaired) electrons. The maximum absolute atomic E-state index is 13.1. The van der Waals surface area contributed by atoms with Crippen molar-refractivity contribution in [2.75, 3.05) is 13.1 Å². The van der Waals surface area contributed by atoms with E-state index < -0.39 is 10.0 Å². The van der Waals surface area contributed by atoms with Gasteiger partial charge < -0.3 is 4.52 Å². The third-order valence-electron chi connectivity index (χ3n) is 4.81. The Kier molecular flexibility index (Phi) is 4.46. The van der Waals surface area contributed by atoms with Gasteiger partial charge in [-0.15, -0.1) is 0 Å². The summed E-state index contributed by atoms with van der Waals surface area (Å²) in [6.07, 6.45) is 4.01. The molecule has 7 nitrogen and oxygen atoms in total. The van der Waals surface area contributed by atoms with Gasteiger partial charge in [0, 0.05) is 38.0 Å². The van der Waals surface area contributed by atoms with Gasteiger partial charge in [0.05, 0.1) is 5.52 Å². The molecule has 1 unspecified atom stereocenters. The number of hydrogen-bond acceptors (Lipinski definition) is 6. The van der Waals surface area contributed by atoms with Gasteiger partial charge in [-0.1, -0.05) is 23.4 Å². The first-order valence-corrected chi connectivity index (χ1v) is 10.1. The minimum Gasteiger partial charge on any atom is -0.340 e. The lowest BCUT2D eigenvalue weighted by Crippen LogP contribution is -2.29. The van der Waals surface area contributed by atoms with Gasteiger partial charge in [0.25, 0.3) is 0 Å². The van der Waals surface area contributed by atoms with Gasteiger partial charge in [-0.3, -0.25) is 4.98 Å². The topological polar surface area (TPSA) is 89.2 Å². The Morgan fingerprint density at radius 1 is 1.27 bits per heavy atom. The van der Waals surface area contributed by atoms with E-state index in [2.05, 4.69) is 15.1 Å². The number of pyridine rings is 1. The van der Waals surface area contributed by atoms with Crippen molar-refractivity contribution in [1.82, 2.24) is 19.4 Å². The second kappa shape index (κ2) is 6.77. The molecule has 0 saturated carbocycles. The predicted octanol–water partition coefficient (Wildman–Crippen LogP) is 2.57. The summed E-state index contributed by atoms with van der Waals surface area (Å²) in [6.45, 7) is 2.81. The van der Waals surface area contributed by atoms with E-state index in [1.165, 1.54) is 0 Å². The van der Waals surface area contributed by atoms with Crippen molar-refractivity contribution in [3.05, 3.63) is 48.2 Å². The number of para-hydroxylation sites is 1. The van der Waals surface area contributed by atoms with Crippen molar-refractivity contribution in [2.24, 2.45) is 5.92 Å². The second-order valence-corrected chi connectivity index (χ2v) is 8.52. The van der Waals surface area contributed by atoms with Crippen LogP contribution in [0.25, 0.3) is 10.9 Å². The molecular weight excluding hydrogens is 352 g/mol. The Morgan fingerprint density at radius 2 is 2.12 bits per heavy atom. The molecule has 1 fully saturated rings. The molecule has 0 bridgehead atoms. The van der Waals surface area contributed by atoms with E-state index in [1.807, 2.05) is 18.2 Å². The molecule has 0 N–H and O–H groups in total. The van der Waals surface area contributed by atoms with Crippen LogP contribution in [0.15, 0.2) is 45.9 Å². The number of sulfonamides is 1. The van der Waals surface area contributed by atoms with E-state index in [9.17, 15) is 8.42 Å². The van der Waals surface area contributed by atoms with Gasteiger partial charge in [0.15, 0.2) is 5.82 Å². The van der Waals surface area contributed by atoms with Gasteiger partial charge >= 0.3 is 0 Å².